The Balaban J connectivity index is 2.31. The standard InChI is InChI=1S/C12H18BrNOS/c1-12(2,3)10-9(7-13)16-11(14-10)8-5-4-6-15-8/h8H,4-7H2,1-3H3. The van der Waals surface area contributed by atoms with E-state index in [-0.39, 0.29) is 11.5 Å². The minimum Gasteiger partial charge on any atom is -0.371 e. The van der Waals surface area contributed by atoms with Crippen molar-refractivity contribution in [1.82, 2.24) is 4.98 Å². The van der Waals surface area contributed by atoms with Gasteiger partial charge in [-0.1, -0.05) is 36.7 Å². The molecule has 0 radical (unpaired) electrons. The Morgan fingerprint density at radius 3 is 2.69 bits per heavy atom. The second-order valence-electron chi connectivity index (χ2n) is 5.21. The summed E-state index contributed by atoms with van der Waals surface area (Å²) >= 11 is 5.35. The molecule has 1 aliphatic heterocycles. The molecule has 2 rings (SSSR count). The number of rotatable bonds is 2. The van der Waals surface area contributed by atoms with E-state index in [4.69, 9.17) is 9.72 Å². The van der Waals surface area contributed by atoms with Crippen LogP contribution in [0.15, 0.2) is 0 Å². The zero-order valence-corrected chi connectivity index (χ0v) is 12.4. The van der Waals surface area contributed by atoms with Gasteiger partial charge in [-0.15, -0.1) is 11.3 Å². The molecule has 0 aromatic carbocycles. The smallest absolute Gasteiger partial charge is 0.122 e. The van der Waals surface area contributed by atoms with E-state index >= 15 is 0 Å². The van der Waals surface area contributed by atoms with Gasteiger partial charge in [0.15, 0.2) is 0 Å². The van der Waals surface area contributed by atoms with Gasteiger partial charge in [0.1, 0.15) is 11.1 Å². The number of aromatic nitrogens is 1. The second kappa shape index (κ2) is 4.75. The molecular formula is C12H18BrNOS. The van der Waals surface area contributed by atoms with Crippen molar-refractivity contribution in [3.8, 4) is 0 Å². The van der Waals surface area contributed by atoms with Crippen molar-refractivity contribution in [3.63, 3.8) is 0 Å². The predicted octanol–water partition coefficient (Wildman–Crippen LogP) is 4.19. The average molecular weight is 304 g/mol. The molecule has 1 aliphatic rings. The molecule has 16 heavy (non-hydrogen) atoms. The van der Waals surface area contributed by atoms with Crippen LogP contribution < -0.4 is 0 Å². The predicted molar refractivity (Wildman–Crippen MR) is 71.4 cm³/mol. The van der Waals surface area contributed by atoms with Crippen molar-refractivity contribution >= 4 is 27.3 Å². The number of hydrogen-bond acceptors (Lipinski definition) is 3. The molecule has 0 saturated carbocycles. The van der Waals surface area contributed by atoms with E-state index in [9.17, 15) is 0 Å². The number of nitrogens with zero attached hydrogens (tertiary/aromatic N) is 1. The molecule has 0 amide bonds. The maximum atomic E-state index is 5.70. The van der Waals surface area contributed by atoms with Gasteiger partial charge in [-0.05, 0) is 12.8 Å². The van der Waals surface area contributed by atoms with Crippen LogP contribution in [-0.4, -0.2) is 11.6 Å². The van der Waals surface area contributed by atoms with E-state index in [1.807, 2.05) is 0 Å². The molecular weight excluding hydrogens is 286 g/mol. The van der Waals surface area contributed by atoms with Gasteiger partial charge in [0.05, 0.1) is 5.69 Å². The van der Waals surface area contributed by atoms with Gasteiger partial charge in [0.25, 0.3) is 0 Å². The molecule has 0 spiro atoms. The van der Waals surface area contributed by atoms with Gasteiger partial charge in [-0.25, -0.2) is 4.98 Å². The SMILES string of the molecule is CC(C)(C)c1nc(C2CCCO2)sc1CBr. The maximum Gasteiger partial charge on any atom is 0.122 e. The Kier molecular flexibility index (Phi) is 3.72. The lowest BCUT2D eigenvalue weighted by Gasteiger charge is -2.16. The monoisotopic (exact) mass is 303 g/mol. The molecule has 90 valence electrons. The summed E-state index contributed by atoms with van der Waals surface area (Å²) in [7, 11) is 0. The number of alkyl halides is 1. The number of hydrogen-bond donors (Lipinski definition) is 0. The molecule has 1 unspecified atom stereocenters. The van der Waals surface area contributed by atoms with Crippen molar-refractivity contribution in [1.29, 1.82) is 0 Å². The van der Waals surface area contributed by atoms with E-state index in [0.29, 0.717) is 0 Å². The van der Waals surface area contributed by atoms with Crippen molar-refractivity contribution in [2.24, 2.45) is 0 Å². The van der Waals surface area contributed by atoms with Crippen LogP contribution in [-0.2, 0) is 15.5 Å². The zero-order chi connectivity index (χ0) is 11.8. The molecule has 0 bridgehead atoms. The van der Waals surface area contributed by atoms with Crippen molar-refractivity contribution in [2.75, 3.05) is 6.61 Å². The van der Waals surface area contributed by atoms with Gasteiger partial charge in [-0.2, -0.15) is 0 Å². The molecule has 2 nitrogen and oxygen atoms in total. The lowest BCUT2D eigenvalue weighted by molar-refractivity contribution is 0.111. The van der Waals surface area contributed by atoms with Crippen LogP contribution in [0.25, 0.3) is 0 Å². The van der Waals surface area contributed by atoms with Crippen molar-refractivity contribution in [2.45, 2.75) is 50.5 Å². The first-order valence-electron chi connectivity index (χ1n) is 5.70. The first kappa shape index (κ1) is 12.5. The molecule has 2 heterocycles. The van der Waals surface area contributed by atoms with Gasteiger partial charge >= 0.3 is 0 Å². The van der Waals surface area contributed by atoms with Crippen LogP contribution in [0.5, 0.6) is 0 Å². The van der Waals surface area contributed by atoms with E-state index in [1.165, 1.54) is 17.0 Å². The minimum absolute atomic E-state index is 0.121. The van der Waals surface area contributed by atoms with E-state index in [1.54, 1.807) is 11.3 Å². The quantitative estimate of drug-likeness (QED) is 0.764. The Morgan fingerprint density at radius 1 is 1.50 bits per heavy atom. The number of halogens is 1. The summed E-state index contributed by atoms with van der Waals surface area (Å²) in [5, 5.41) is 2.06. The van der Waals surface area contributed by atoms with Crippen LogP contribution in [0.1, 0.15) is 55.3 Å². The van der Waals surface area contributed by atoms with Crippen LogP contribution in [0.3, 0.4) is 0 Å². The van der Waals surface area contributed by atoms with Gasteiger partial charge in [-0.3, -0.25) is 0 Å². The van der Waals surface area contributed by atoms with Gasteiger partial charge in [0, 0.05) is 22.2 Å². The summed E-state index contributed by atoms with van der Waals surface area (Å²) in [4.78, 5) is 6.14. The maximum absolute atomic E-state index is 5.70. The summed E-state index contributed by atoms with van der Waals surface area (Å²) in [6.07, 6.45) is 2.54. The normalized spacial score (nSPS) is 21.6. The first-order chi connectivity index (χ1) is 7.52. The Labute approximate surface area is 110 Å². The third kappa shape index (κ3) is 2.49. The summed E-state index contributed by atoms with van der Waals surface area (Å²) in [5.41, 5.74) is 1.34. The summed E-state index contributed by atoms with van der Waals surface area (Å²) < 4.78 is 5.70. The highest BCUT2D eigenvalue weighted by atomic mass is 79.9. The fourth-order valence-electron chi connectivity index (χ4n) is 1.96. The minimum atomic E-state index is 0.121. The average Bonchev–Trinajstić information content (AvgIpc) is 2.85. The van der Waals surface area contributed by atoms with Crippen LogP contribution >= 0.6 is 27.3 Å². The van der Waals surface area contributed by atoms with Gasteiger partial charge in [0.2, 0.25) is 0 Å². The third-order valence-corrected chi connectivity index (χ3v) is 4.83. The largest absolute Gasteiger partial charge is 0.371 e. The molecule has 1 aromatic rings. The second-order valence-corrected chi connectivity index (χ2v) is 6.89. The molecule has 0 aliphatic carbocycles. The highest BCUT2D eigenvalue weighted by molar-refractivity contribution is 9.08. The van der Waals surface area contributed by atoms with E-state index in [0.717, 1.165) is 23.4 Å². The molecule has 4 heteroatoms. The van der Waals surface area contributed by atoms with Crippen molar-refractivity contribution < 1.29 is 4.74 Å². The number of thiazole rings is 1. The highest BCUT2D eigenvalue weighted by Crippen LogP contribution is 2.37. The first-order valence-corrected chi connectivity index (χ1v) is 7.64. The van der Waals surface area contributed by atoms with E-state index in [2.05, 4.69) is 36.7 Å². The molecule has 1 aromatic heterocycles. The van der Waals surface area contributed by atoms with Crippen molar-refractivity contribution in [3.05, 3.63) is 15.6 Å². The Bertz CT molecular complexity index is 364. The summed E-state index contributed by atoms with van der Waals surface area (Å²) in [6, 6.07) is 0. The van der Waals surface area contributed by atoms with Crippen LogP contribution in [0.4, 0.5) is 0 Å². The van der Waals surface area contributed by atoms with Crippen LogP contribution in [0, 0.1) is 0 Å². The highest BCUT2D eigenvalue weighted by Gasteiger charge is 2.27. The third-order valence-electron chi connectivity index (χ3n) is 2.75. The summed E-state index contributed by atoms with van der Waals surface area (Å²) in [6.45, 7) is 7.53. The lowest BCUT2D eigenvalue weighted by atomic mass is 9.91. The fourth-order valence-corrected chi connectivity index (χ4v) is 3.78. The number of ether oxygens (including phenoxy) is 1. The Hall–Kier alpha value is 0.0700. The lowest BCUT2D eigenvalue weighted by Crippen LogP contribution is -2.14. The van der Waals surface area contributed by atoms with Gasteiger partial charge < -0.3 is 4.74 Å². The molecule has 1 atom stereocenters. The van der Waals surface area contributed by atoms with Crippen LogP contribution in [0.2, 0.25) is 0 Å². The fraction of sp³-hybridized carbons (Fsp3) is 0.750. The molecule has 1 fully saturated rings. The molecule has 1 saturated heterocycles. The summed E-state index contributed by atoms with van der Waals surface area (Å²) in [5.74, 6) is 0. The Morgan fingerprint density at radius 2 is 2.25 bits per heavy atom. The zero-order valence-electron chi connectivity index (χ0n) is 10.0. The topological polar surface area (TPSA) is 22.1 Å². The van der Waals surface area contributed by atoms with E-state index < -0.39 is 0 Å². The molecule has 0 N–H and O–H groups in total.